The van der Waals surface area contributed by atoms with Crippen LogP contribution in [0.2, 0.25) is 10.0 Å². The molecular formula is C22H21Cl2NO4S2. The van der Waals surface area contributed by atoms with Gasteiger partial charge in [0.1, 0.15) is 10.9 Å². The number of carbonyl (C=O) groups is 1. The van der Waals surface area contributed by atoms with Gasteiger partial charge in [-0.1, -0.05) is 59.3 Å². The lowest BCUT2D eigenvalue weighted by molar-refractivity contribution is -0.122. The molecule has 3 rings (SSSR count). The maximum absolute atomic E-state index is 12.6. The molecule has 31 heavy (non-hydrogen) atoms. The van der Waals surface area contributed by atoms with Crippen LogP contribution in [0.5, 0.6) is 11.5 Å². The minimum absolute atomic E-state index is 0.122. The van der Waals surface area contributed by atoms with Crippen LogP contribution in [0, 0.1) is 0 Å². The molecule has 164 valence electrons. The van der Waals surface area contributed by atoms with Gasteiger partial charge in [-0.05, 0) is 42.8 Å². The third-order valence-electron chi connectivity index (χ3n) is 4.36. The number of benzene rings is 2. The van der Waals surface area contributed by atoms with Crippen LogP contribution >= 0.6 is 47.2 Å². The van der Waals surface area contributed by atoms with Crippen LogP contribution in [0.1, 0.15) is 18.1 Å². The first-order valence-corrected chi connectivity index (χ1v) is 11.5. The Morgan fingerprint density at radius 3 is 2.65 bits per heavy atom. The van der Waals surface area contributed by atoms with E-state index in [4.69, 9.17) is 49.6 Å². The van der Waals surface area contributed by atoms with Crippen molar-refractivity contribution in [3.05, 3.63) is 62.5 Å². The fourth-order valence-corrected chi connectivity index (χ4v) is 4.59. The Hall–Kier alpha value is -1.77. The van der Waals surface area contributed by atoms with Gasteiger partial charge in [0.05, 0.1) is 24.7 Å². The SMILES string of the molecule is CCOc1cc(/C=C2\SC(=S)N(CCOC)C2=O)ccc1OCc1ccc(Cl)cc1Cl. The van der Waals surface area contributed by atoms with Gasteiger partial charge in [0.25, 0.3) is 5.91 Å². The smallest absolute Gasteiger partial charge is 0.266 e. The van der Waals surface area contributed by atoms with Crippen molar-refractivity contribution in [3.63, 3.8) is 0 Å². The van der Waals surface area contributed by atoms with Gasteiger partial charge < -0.3 is 14.2 Å². The highest BCUT2D eigenvalue weighted by Gasteiger charge is 2.31. The fraction of sp³-hybridized carbons (Fsp3) is 0.273. The number of rotatable bonds is 9. The number of nitrogens with zero attached hydrogens (tertiary/aromatic N) is 1. The van der Waals surface area contributed by atoms with Crippen LogP contribution in [-0.2, 0) is 16.1 Å². The van der Waals surface area contributed by atoms with Crippen LogP contribution in [0.3, 0.4) is 0 Å². The Kier molecular flexibility index (Phi) is 8.63. The average molecular weight is 498 g/mol. The largest absolute Gasteiger partial charge is 0.490 e. The van der Waals surface area contributed by atoms with Crippen LogP contribution in [0.25, 0.3) is 6.08 Å². The van der Waals surface area contributed by atoms with Crippen LogP contribution in [-0.4, -0.2) is 42.0 Å². The average Bonchev–Trinajstić information content (AvgIpc) is 2.99. The van der Waals surface area contributed by atoms with E-state index in [1.807, 2.05) is 31.2 Å². The van der Waals surface area contributed by atoms with E-state index in [-0.39, 0.29) is 12.5 Å². The molecule has 0 unspecified atom stereocenters. The quantitative estimate of drug-likeness (QED) is 0.321. The van der Waals surface area contributed by atoms with Crippen molar-refractivity contribution in [2.24, 2.45) is 0 Å². The monoisotopic (exact) mass is 497 g/mol. The summed E-state index contributed by atoms with van der Waals surface area (Å²) in [6.07, 6.45) is 1.80. The molecule has 1 amide bonds. The second-order valence-corrected chi connectivity index (χ2v) is 9.01. The summed E-state index contributed by atoms with van der Waals surface area (Å²) in [5.74, 6) is 1.04. The maximum Gasteiger partial charge on any atom is 0.266 e. The molecule has 1 aliphatic rings. The van der Waals surface area contributed by atoms with Gasteiger partial charge in [-0.3, -0.25) is 9.69 Å². The minimum atomic E-state index is -0.122. The molecule has 1 aliphatic heterocycles. The molecule has 0 spiro atoms. The van der Waals surface area contributed by atoms with E-state index in [1.165, 1.54) is 11.8 Å². The van der Waals surface area contributed by atoms with Crippen molar-refractivity contribution in [2.75, 3.05) is 26.9 Å². The Balaban J connectivity index is 1.77. The van der Waals surface area contributed by atoms with Crippen molar-refractivity contribution in [1.29, 1.82) is 0 Å². The molecule has 0 atom stereocenters. The Bertz CT molecular complexity index is 1010. The van der Waals surface area contributed by atoms with Crippen molar-refractivity contribution in [1.82, 2.24) is 4.90 Å². The fourth-order valence-electron chi connectivity index (χ4n) is 2.82. The first-order chi connectivity index (χ1) is 14.9. The van der Waals surface area contributed by atoms with E-state index in [2.05, 4.69) is 0 Å². The molecule has 2 aromatic rings. The topological polar surface area (TPSA) is 48.0 Å². The van der Waals surface area contributed by atoms with E-state index in [0.29, 0.717) is 50.5 Å². The lowest BCUT2D eigenvalue weighted by Crippen LogP contribution is -2.31. The molecule has 0 radical (unpaired) electrons. The zero-order valence-electron chi connectivity index (χ0n) is 17.0. The van der Waals surface area contributed by atoms with Crippen LogP contribution in [0.4, 0.5) is 0 Å². The predicted octanol–water partition coefficient (Wildman–Crippen LogP) is 5.82. The summed E-state index contributed by atoms with van der Waals surface area (Å²) in [6.45, 7) is 3.50. The molecule has 0 bridgehead atoms. The van der Waals surface area contributed by atoms with Crippen molar-refractivity contribution in [2.45, 2.75) is 13.5 Å². The zero-order chi connectivity index (χ0) is 22.4. The van der Waals surface area contributed by atoms with Gasteiger partial charge in [0.15, 0.2) is 11.5 Å². The standard InChI is InChI=1S/C22H21Cl2NO4S2/c1-3-28-19-10-14(11-20-21(26)25(8-9-27-2)22(30)31-20)4-7-18(19)29-13-15-5-6-16(23)12-17(15)24/h4-7,10-12H,3,8-9,13H2,1-2H3/b20-11-. The normalized spacial score (nSPS) is 15.1. The second-order valence-electron chi connectivity index (χ2n) is 6.49. The van der Waals surface area contributed by atoms with Gasteiger partial charge in [-0.25, -0.2) is 0 Å². The molecule has 0 N–H and O–H groups in total. The third kappa shape index (κ3) is 6.14. The number of methoxy groups -OCH3 is 1. The molecule has 5 nitrogen and oxygen atoms in total. The van der Waals surface area contributed by atoms with Crippen molar-refractivity contribution >= 4 is 63.5 Å². The summed E-state index contributed by atoms with van der Waals surface area (Å²) in [7, 11) is 1.59. The summed E-state index contributed by atoms with van der Waals surface area (Å²) in [6, 6.07) is 10.8. The molecule has 1 heterocycles. The van der Waals surface area contributed by atoms with Gasteiger partial charge in [0, 0.05) is 22.7 Å². The number of thioether (sulfide) groups is 1. The number of hydrogen-bond acceptors (Lipinski definition) is 6. The Morgan fingerprint density at radius 1 is 1.13 bits per heavy atom. The van der Waals surface area contributed by atoms with E-state index in [0.717, 1.165) is 11.1 Å². The maximum atomic E-state index is 12.6. The van der Waals surface area contributed by atoms with Gasteiger partial charge >= 0.3 is 0 Å². The Labute approximate surface area is 201 Å². The number of halogens is 2. The molecule has 0 aromatic heterocycles. The number of amides is 1. The summed E-state index contributed by atoms with van der Waals surface area (Å²) in [5.41, 5.74) is 1.63. The van der Waals surface area contributed by atoms with E-state index < -0.39 is 0 Å². The van der Waals surface area contributed by atoms with Crippen LogP contribution in [0.15, 0.2) is 41.3 Å². The highest BCUT2D eigenvalue weighted by molar-refractivity contribution is 8.26. The summed E-state index contributed by atoms with van der Waals surface area (Å²) >= 11 is 18.8. The lowest BCUT2D eigenvalue weighted by atomic mass is 10.1. The molecule has 0 saturated carbocycles. The zero-order valence-corrected chi connectivity index (χ0v) is 20.2. The third-order valence-corrected chi connectivity index (χ3v) is 6.32. The van der Waals surface area contributed by atoms with Crippen molar-refractivity contribution in [3.8, 4) is 11.5 Å². The number of ether oxygens (including phenoxy) is 3. The van der Waals surface area contributed by atoms with Gasteiger partial charge in [-0.15, -0.1) is 0 Å². The van der Waals surface area contributed by atoms with E-state index in [9.17, 15) is 4.79 Å². The first kappa shape index (κ1) is 23.9. The van der Waals surface area contributed by atoms with E-state index in [1.54, 1.807) is 30.2 Å². The molecule has 1 saturated heterocycles. The Morgan fingerprint density at radius 2 is 1.94 bits per heavy atom. The highest BCUT2D eigenvalue weighted by atomic mass is 35.5. The number of carbonyl (C=O) groups excluding carboxylic acids is 1. The second kappa shape index (κ2) is 11.2. The van der Waals surface area contributed by atoms with Crippen molar-refractivity contribution < 1.29 is 19.0 Å². The molecular weight excluding hydrogens is 477 g/mol. The summed E-state index contributed by atoms with van der Waals surface area (Å²) in [5, 5.41) is 1.11. The number of hydrogen-bond donors (Lipinski definition) is 0. The number of thiocarbonyl (C=S) groups is 1. The van der Waals surface area contributed by atoms with Gasteiger partial charge in [0.2, 0.25) is 0 Å². The lowest BCUT2D eigenvalue weighted by Gasteiger charge is -2.14. The summed E-state index contributed by atoms with van der Waals surface area (Å²) < 4.78 is 17.3. The molecule has 9 heteroatoms. The van der Waals surface area contributed by atoms with E-state index >= 15 is 0 Å². The minimum Gasteiger partial charge on any atom is -0.490 e. The first-order valence-electron chi connectivity index (χ1n) is 9.50. The predicted molar refractivity (Wildman–Crippen MR) is 130 cm³/mol. The molecule has 0 aliphatic carbocycles. The molecule has 2 aromatic carbocycles. The van der Waals surface area contributed by atoms with Gasteiger partial charge in [-0.2, -0.15) is 0 Å². The summed E-state index contributed by atoms with van der Waals surface area (Å²) in [4.78, 5) is 14.7. The highest BCUT2D eigenvalue weighted by Crippen LogP contribution is 2.35. The molecule has 1 fully saturated rings. The van der Waals surface area contributed by atoms with Crippen LogP contribution < -0.4 is 9.47 Å².